The molecular formula is C15H13BrO2. The van der Waals surface area contributed by atoms with E-state index in [1.807, 2.05) is 36.4 Å². The van der Waals surface area contributed by atoms with Crippen molar-refractivity contribution in [2.75, 3.05) is 6.61 Å². The zero-order valence-electron chi connectivity index (χ0n) is 9.86. The first-order valence-corrected chi connectivity index (χ1v) is 6.47. The summed E-state index contributed by atoms with van der Waals surface area (Å²) < 4.78 is 5.48. The van der Waals surface area contributed by atoms with Gasteiger partial charge in [-0.25, -0.2) is 0 Å². The van der Waals surface area contributed by atoms with E-state index in [4.69, 9.17) is 4.74 Å². The summed E-state index contributed by atoms with van der Waals surface area (Å²) in [5.41, 5.74) is 0.655. The number of carbonyl (C=O) groups is 1. The van der Waals surface area contributed by atoms with E-state index in [9.17, 15) is 4.79 Å². The van der Waals surface area contributed by atoms with Gasteiger partial charge in [0, 0.05) is 5.56 Å². The average Bonchev–Trinajstić information content (AvgIpc) is 2.38. The first kappa shape index (κ1) is 12.8. The normalized spacial score (nSPS) is 10.3. The third kappa shape index (κ3) is 2.99. The van der Waals surface area contributed by atoms with Crippen molar-refractivity contribution in [3.05, 3.63) is 54.6 Å². The lowest BCUT2D eigenvalue weighted by Gasteiger charge is -2.06. The largest absolute Gasteiger partial charge is 0.493 e. The smallest absolute Gasteiger partial charge is 0.228 e. The summed E-state index contributed by atoms with van der Waals surface area (Å²) in [4.78, 5) is 11.2. The van der Waals surface area contributed by atoms with E-state index < -0.39 is 0 Å². The van der Waals surface area contributed by atoms with Gasteiger partial charge in [0.1, 0.15) is 5.75 Å². The molecule has 0 saturated carbocycles. The van der Waals surface area contributed by atoms with E-state index in [-0.39, 0.29) is 4.69 Å². The lowest BCUT2D eigenvalue weighted by molar-refractivity contribution is 0.109. The summed E-state index contributed by atoms with van der Waals surface area (Å²) in [7, 11) is 0. The highest BCUT2D eigenvalue weighted by Crippen LogP contribution is 2.23. The van der Waals surface area contributed by atoms with E-state index >= 15 is 0 Å². The van der Waals surface area contributed by atoms with E-state index in [1.165, 1.54) is 0 Å². The van der Waals surface area contributed by atoms with Crippen LogP contribution in [0.5, 0.6) is 5.75 Å². The Labute approximate surface area is 114 Å². The van der Waals surface area contributed by atoms with E-state index in [2.05, 4.69) is 22.5 Å². The number of ether oxygens (including phenoxy) is 1. The number of benzene rings is 2. The van der Waals surface area contributed by atoms with E-state index in [1.54, 1.807) is 6.07 Å². The summed E-state index contributed by atoms with van der Waals surface area (Å²) in [5, 5.41) is 2.08. The molecule has 92 valence electrons. The second-order valence-electron chi connectivity index (χ2n) is 3.92. The molecule has 2 nitrogen and oxygen atoms in total. The molecule has 0 aliphatic carbocycles. The van der Waals surface area contributed by atoms with Gasteiger partial charge in [0.05, 0.1) is 6.61 Å². The predicted octanol–water partition coefficient (Wildman–Crippen LogP) is 4.33. The van der Waals surface area contributed by atoms with Gasteiger partial charge < -0.3 is 4.74 Å². The quantitative estimate of drug-likeness (QED) is 0.467. The third-order valence-corrected chi connectivity index (χ3v) is 3.09. The lowest BCUT2D eigenvalue weighted by atomic mass is 10.1. The van der Waals surface area contributed by atoms with Gasteiger partial charge >= 0.3 is 0 Å². The molecule has 3 heteroatoms. The molecule has 0 saturated heterocycles. The van der Waals surface area contributed by atoms with Crippen LogP contribution in [0.15, 0.2) is 49.1 Å². The van der Waals surface area contributed by atoms with Crippen LogP contribution < -0.4 is 4.74 Å². The number of fused-ring (bicyclic) bond motifs is 1. The van der Waals surface area contributed by atoms with Crippen molar-refractivity contribution < 1.29 is 9.53 Å². The van der Waals surface area contributed by atoms with Crippen LogP contribution in [0.1, 0.15) is 16.8 Å². The highest BCUT2D eigenvalue weighted by Gasteiger charge is 2.03. The number of hydrogen-bond donors (Lipinski definition) is 0. The topological polar surface area (TPSA) is 26.3 Å². The molecule has 0 atom stereocenters. The first-order valence-electron chi connectivity index (χ1n) is 5.68. The molecule has 0 bridgehead atoms. The minimum Gasteiger partial charge on any atom is -0.493 e. The second kappa shape index (κ2) is 5.83. The minimum atomic E-state index is -0.101. The SMILES string of the molecule is C=CCCOc1ccc2cc(C(=O)Br)ccc2c1. The molecule has 2 rings (SSSR count). The Morgan fingerprint density at radius 3 is 2.67 bits per heavy atom. The van der Waals surface area contributed by atoms with Crippen molar-refractivity contribution in [2.24, 2.45) is 0 Å². The Kier molecular flexibility index (Phi) is 4.15. The summed E-state index contributed by atoms with van der Waals surface area (Å²) in [6.45, 7) is 4.28. The maximum atomic E-state index is 11.2. The molecule has 0 aromatic heterocycles. The molecule has 0 unspecified atom stereocenters. The zero-order chi connectivity index (χ0) is 13.0. The first-order chi connectivity index (χ1) is 8.70. The Balaban J connectivity index is 2.26. The van der Waals surface area contributed by atoms with E-state index in [0.717, 1.165) is 22.9 Å². The highest BCUT2D eigenvalue weighted by atomic mass is 79.9. The molecule has 0 radical (unpaired) electrons. The van der Waals surface area contributed by atoms with Crippen LogP contribution in [0, 0.1) is 0 Å². The number of hydrogen-bond acceptors (Lipinski definition) is 2. The van der Waals surface area contributed by atoms with E-state index in [0.29, 0.717) is 12.2 Å². The monoisotopic (exact) mass is 304 g/mol. The van der Waals surface area contributed by atoms with Gasteiger partial charge in [-0.2, -0.15) is 0 Å². The molecule has 0 spiro atoms. The maximum absolute atomic E-state index is 11.2. The fourth-order valence-electron chi connectivity index (χ4n) is 1.70. The molecule has 2 aromatic rings. The summed E-state index contributed by atoms with van der Waals surface area (Å²) in [6.07, 6.45) is 2.66. The predicted molar refractivity (Wildman–Crippen MR) is 77.5 cm³/mol. The van der Waals surface area contributed by atoms with Crippen LogP contribution in [-0.2, 0) is 0 Å². The van der Waals surface area contributed by atoms with Gasteiger partial charge in [-0.15, -0.1) is 6.58 Å². The molecule has 2 aromatic carbocycles. The second-order valence-corrected chi connectivity index (χ2v) is 4.64. The Morgan fingerprint density at radius 2 is 1.94 bits per heavy atom. The Bertz CT molecular complexity index is 590. The van der Waals surface area contributed by atoms with Gasteiger partial charge in [0.25, 0.3) is 0 Å². The molecule has 0 aliphatic heterocycles. The van der Waals surface area contributed by atoms with Crippen molar-refractivity contribution in [1.29, 1.82) is 0 Å². The molecular weight excluding hydrogens is 292 g/mol. The van der Waals surface area contributed by atoms with Crippen molar-refractivity contribution in [1.82, 2.24) is 0 Å². The number of carbonyl (C=O) groups excluding carboxylic acids is 1. The van der Waals surface area contributed by atoms with Crippen LogP contribution in [0.4, 0.5) is 0 Å². The average molecular weight is 305 g/mol. The summed E-state index contributed by atoms with van der Waals surface area (Å²) >= 11 is 2.95. The summed E-state index contributed by atoms with van der Waals surface area (Å²) in [6, 6.07) is 11.4. The van der Waals surface area contributed by atoms with Gasteiger partial charge in [-0.05, 0) is 57.4 Å². The fourth-order valence-corrected chi connectivity index (χ4v) is 1.94. The molecule has 0 fully saturated rings. The van der Waals surface area contributed by atoms with Crippen LogP contribution in [0.25, 0.3) is 10.8 Å². The van der Waals surface area contributed by atoms with Crippen LogP contribution in [-0.4, -0.2) is 11.3 Å². The minimum absolute atomic E-state index is 0.101. The molecule has 0 heterocycles. The van der Waals surface area contributed by atoms with Gasteiger partial charge in [-0.1, -0.05) is 18.2 Å². The zero-order valence-corrected chi connectivity index (χ0v) is 11.4. The highest BCUT2D eigenvalue weighted by molar-refractivity contribution is 9.18. The lowest BCUT2D eigenvalue weighted by Crippen LogP contribution is -1.95. The number of halogens is 1. The number of rotatable bonds is 5. The van der Waals surface area contributed by atoms with Crippen LogP contribution in [0.2, 0.25) is 0 Å². The third-order valence-electron chi connectivity index (χ3n) is 2.63. The maximum Gasteiger partial charge on any atom is 0.228 e. The van der Waals surface area contributed by atoms with Crippen molar-refractivity contribution in [3.63, 3.8) is 0 Å². The Morgan fingerprint density at radius 1 is 1.22 bits per heavy atom. The van der Waals surface area contributed by atoms with Crippen molar-refractivity contribution in [2.45, 2.75) is 6.42 Å². The van der Waals surface area contributed by atoms with Crippen molar-refractivity contribution >= 4 is 31.4 Å². The molecule has 0 aliphatic rings. The summed E-state index contributed by atoms with van der Waals surface area (Å²) in [5.74, 6) is 0.835. The fraction of sp³-hybridized carbons (Fsp3) is 0.133. The Hall–Kier alpha value is -1.61. The van der Waals surface area contributed by atoms with Crippen LogP contribution >= 0.6 is 15.9 Å². The standard InChI is InChI=1S/C15H13BrO2/c1-2-3-8-18-14-7-6-11-9-13(15(16)17)5-4-12(11)10-14/h2,4-7,9-10H,1,3,8H2. The molecule has 0 amide bonds. The van der Waals surface area contributed by atoms with Gasteiger partial charge in [-0.3, -0.25) is 4.79 Å². The van der Waals surface area contributed by atoms with Crippen molar-refractivity contribution in [3.8, 4) is 5.75 Å². The van der Waals surface area contributed by atoms with Gasteiger partial charge in [0.15, 0.2) is 0 Å². The molecule has 18 heavy (non-hydrogen) atoms. The van der Waals surface area contributed by atoms with Crippen LogP contribution in [0.3, 0.4) is 0 Å². The molecule has 0 N–H and O–H groups in total. The van der Waals surface area contributed by atoms with Gasteiger partial charge in [0.2, 0.25) is 4.69 Å².